The zero-order valence-electron chi connectivity index (χ0n) is 20.5. The van der Waals surface area contributed by atoms with Crippen molar-refractivity contribution in [1.82, 2.24) is 29.6 Å². The van der Waals surface area contributed by atoms with Gasteiger partial charge < -0.3 is 14.7 Å². The molecule has 4 aromatic rings. The molecule has 5 heterocycles. The third kappa shape index (κ3) is 4.30. The Bertz CT molecular complexity index is 1490. The van der Waals surface area contributed by atoms with Crippen molar-refractivity contribution in [2.45, 2.75) is 19.4 Å². The molecule has 190 valence electrons. The molecule has 2 aliphatic heterocycles. The number of nitriles is 1. The van der Waals surface area contributed by atoms with Crippen LogP contribution in [0.2, 0.25) is 0 Å². The topological polar surface area (TPSA) is 119 Å². The number of imidazole rings is 1. The number of benzene rings is 1. The molecule has 11 heteroatoms. The highest BCUT2D eigenvalue weighted by atomic mass is 79.9. The lowest BCUT2D eigenvalue weighted by Crippen LogP contribution is -2.56. The normalized spacial score (nSPS) is 16.8. The SMILES string of the molecule is Cc1[nH]nc(C#N)c1-c1nc(-n2cnc3cc(Br)c(N4CCN(C5COC5)CC4)cc32)ccc1CCO. The smallest absolute Gasteiger partial charge is 0.171 e. The van der Waals surface area contributed by atoms with Crippen molar-refractivity contribution in [3.63, 3.8) is 0 Å². The average molecular weight is 563 g/mol. The van der Waals surface area contributed by atoms with Gasteiger partial charge in [0.25, 0.3) is 0 Å². The molecule has 1 aromatic carbocycles. The fourth-order valence-corrected chi connectivity index (χ4v) is 5.74. The molecule has 10 nitrogen and oxygen atoms in total. The Morgan fingerprint density at radius 3 is 2.73 bits per heavy atom. The summed E-state index contributed by atoms with van der Waals surface area (Å²) in [6.07, 6.45) is 2.21. The van der Waals surface area contributed by atoms with Crippen LogP contribution in [0.15, 0.2) is 35.1 Å². The number of anilines is 1. The number of ether oxygens (including phenoxy) is 1. The molecule has 0 amide bonds. The maximum absolute atomic E-state index is 9.63. The molecule has 2 fully saturated rings. The van der Waals surface area contributed by atoms with E-state index in [2.05, 4.69) is 59.1 Å². The summed E-state index contributed by atoms with van der Waals surface area (Å²) in [4.78, 5) is 14.5. The van der Waals surface area contributed by atoms with Gasteiger partial charge in [0.05, 0.1) is 47.2 Å². The lowest BCUT2D eigenvalue weighted by atomic mass is 10.0. The van der Waals surface area contributed by atoms with Crippen LogP contribution in [0.4, 0.5) is 5.69 Å². The van der Waals surface area contributed by atoms with E-state index >= 15 is 0 Å². The van der Waals surface area contributed by atoms with E-state index in [1.165, 1.54) is 0 Å². The van der Waals surface area contributed by atoms with Gasteiger partial charge in [0, 0.05) is 43.0 Å². The number of halogens is 1. The number of pyridine rings is 1. The van der Waals surface area contributed by atoms with E-state index in [-0.39, 0.29) is 12.3 Å². The highest BCUT2D eigenvalue weighted by Gasteiger charge is 2.29. The van der Waals surface area contributed by atoms with Gasteiger partial charge >= 0.3 is 0 Å². The number of aryl methyl sites for hydroxylation is 1. The number of aromatic amines is 1. The molecule has 2 aliphatic rings. The molecule has 0 spiro atoms. The third-order valence-electron chi connectivity index (χ3n) is 7.29. The summed E-state index contributed by atoms with van der Waals surface area (Å²) in [7, 11) is 0. The maximum Gasteiger partial charge on any atom is 0.171 e. The Morgan fingerprint density at radius 1 is 1.22 bits per heavy atom. The van der Waals surface area contributed by atoms with Crippen LogP contribution in [0.3, 0.4) is 0 Å². The van der Waals surface area contributed by atoms with Crippen molar-refractivity contribution in [3.8, 4) is 23.1 Å². The molecular formula is C26H27BrN8O2. The summed E-state index contributed by atoms with van der Waals surface area (Å²) in [6.45, 7) is 7.46. The predicted octanol–water partition coefficient (Wildman–Crippen LogP) is 2.81. The Balaban J connectivity index is 1.38. The largest absolute Gasteiger partial charge is 0.396 e. The minimum absolute atomic E-state index is 0.0146. The van der Waals surface area contributed by atoms with Gasteiger partial charge in [0.2, 0.25) is 0 Å². The number of aliphatic hydroxyl groups excluding tert-OH is 1. The van der Waals surface area contributed by atoms with Gasteiger partial charge in [0.1, 0.15) is 18.2 Å². The molecular weight excluding hydrogens is 536 g/mol. The third-order valence-corrected chi connectivity index (χ3v) is 7.92. The highest BCUT2D eigenvalue weighted by Crippen LogP contribution is 2.34. The molecule has 0 saturated carbocycles. The first-order valence-electron chi connectivity index (χ1n) is 12.4. The van der Waals surface area contributed by atoms with Crippen LogP contribution >= 0.6 is 15.9 Å². The number of hydrogen-bond donors (Lipinski definition) is 2. The van der Waals surface area contributed by atoms with Crippen molar-refractivity contribution >= 4 is 32.7 Å². The van der Waals surface area contributed by atoms with Crippen LogP contribution in [0.5, 0.6) is 0 Å². The average Bonchev–Trinajstić information content (AvgIpc) is 3.46. The van der Waals surface area contributed by atoms with Gasteiger partial charge in [-0.05, 0) is 53.0 Å². The number of nitrogens with zero attached hydrogens (tertiary/aromatic N) is 7. The standard InChI is InChI=1S/C26H27BrN8O2/c1-16-25(21(12-28)32-31-16)26-17(4-9-36)2-3-24(30-26)35-15-29-20-10-19(27)22(11-23(20)35)34-7-5-33(6-8-34)18-13-37-14-18/h2-3,10-11,15,18,36H,4-9,13-14H2,1H3,(H,31,32). The number of aliphatic hydroxyl groups is 1. The van der Waals surface area contributed by atoms with Crippen LogP contribution in [0.1, 0.15) is 17.0 Å². The fraction of sp³-hybridized carbons (Fsp3) is 0.385. The van der Waals surface area contributed by atoms with E-state index in [1.54, 1.807) is 6.33 Å². The van der Waals surface area contributed by atoms with Crippen molar-refractivity contribution in [2.24, 2.45) is 0 Å². The number of nitrogens with one attached hydrogen (secondary N) is 1. The van der Waals surface area contributed by atoms with E-state index in [0.717, 1.165) is 71.8 Å². The van der Waals surface area contributed by atoms with Crippen LogP contribution in [0, 0.1) is 18.3 Å². The number of piperazine rings is 1. The van der Waals surface area contributed by atoms with Gasteiger partial charge in [0.15, 0.2) is 5.69 Å². The number of H-pyrrole nitrogens is 1. The fourth-order valence-electron chi connectivity index (χ4n) is 5.16. The summed E-state index contributed by atoms with van der Waals surface area (Å²) < 4.78 is 8.37. The minimum Gasteiger partial charge on any atom is -0.396 e. The molecule has 6 rings (SSSR count). The second-order valence-corrected chi connectivity index (χ2v) is 10.3. The Labute approximate surface area is 222 Å². The Morgan fingerprint density at radius 2 is 2.03 bits per heavy atom. The molecule has 37 heavy (non-hydrogen) atoms. The van der Waals surface area contributed by atoms with Crippen LogP contribution in [-0.2, 0) is 11.2 Å². The summed E-state index contributed by atoms with van der Waals surface area (Å²) in [5, 5.41) is 26.3. The predicted molar refractivity (Wildman–Crippen MR) is 143 cm³/mol. The lowest BCUT2D eigenvalue weighted by molar-refractivity contribution is -0.0660. The molecule has 0 unspecified atom stereocenters. The summed E-state index contributed by atoms with van der Waals surface area (Å²) in [6, 6.07) is 10.8. The van der Waals surface area contributed by atoms with Gasteiger partial charge in [-0.1, -0.05) is 6.07 Å². The molecule has 0 bridgehead atoms. The van der Waals surface area contributed by atoms with Crippen LogP contribution in [-0.4, -0.2) is 86.8 Å². The van der Waals surface area contributed by atoms with Gasteiger partial charge in [-0.3, -0.25) is 14.6 Å². The van der Waals surface area contributed by atoms with E-state index in [1.807, 2.05) is 23.6 Å². The minimum atomic E-state index is -0.0146. The summed E-state index contributed by atoms with van der Waals surface area (Å²) >= 11 is 3.77. The first kappa shape index (κ1) is 24.1. The first-order valence-corrected chi connectivity index (χ1v) is 13.2. The zero-order chi connectivity index (χ0) is 25.5. The Hall–Kier alpha value is -3.30. The number of fused-ring (bicyclic) bond motifs is 1. The first-order chi connectivity index (χ1) is 18.1. The van der Waals surface area contributed by atoms with E-state index in [0.29, 0.717) is 29.5 Å². The molecule has 0 aliphatic carbocycles. The number of aromatic nitrogens is 5. The molecule has 0 atom stereocenters. The lowest BCUT2D eigenvalue weighted by Gasteiger charge is -2.43. The zero-order valence-corrected chi connectivity index (χ0v) is 22.1. The maximum atomic E-state index is 9.63. The van der Waals surface area contributed by atoms with Crippen molar-refractivity contribution in [2.75, 3.05) is 50.9 Å². The van der Waals surface area contributed by atoms with Gasteiger partial charge in [-0.25, -0.2) is 9.97 Å². The second kappa shape index (κ2) is 9.87. The van der Waals surface area contributed by atoms with Gasteiger partial charge in [-0.2, -0.15) is 10.4 Å². The van der Waals surface area contributed by atoms with Crippen LogP contribution < -0.4 is 4.90 Å². The van der Waals surface area contributed by atoms with E-state index < -0.39 is 0 Å². The van der Waals surface area contributed by atoms with Gasteiger partial charge in [-0.15, -0.1) is 0 Å². The number of rotatable bonds is 6. The monoisotopic (exact) mass is 562 g/mol. The molecule has 3 aromatic heterocycles. The number of hydrogen-bond acceptors (Lipinski definition) is 8. The quantitative estimate of drug-likeness (QED) is 0.368. The van der Waals surface area contributed by atoms with Crippen LogP contribution in [0.25, 0.3) is 28.1 Å². The highest BCUT2D eigenvalue weighted by molar-refractivity contribution is 9.10. The van der Waals surface area contributed by atoms with Crippen molar-refractivity contribution in [3.05, 3.63) is 52.0 Å². The molecule has 0 radical (unpaired) electrons. The second-order valence-electron chi connectivity index (χ2n) is 9.46. The van der Waals surface area contributed by atoms with Crippen molar-refractivity contribution in [1.29, 1.82) is 5.26 Å². The Kier molecular flexibility index (Phi) is 6.42. The van der Waals surface area contributed by atoms with E-state index in [4.69, 9.17) is 9.72 Å². The summed E-state index contributed by atoms with van der Waals surface area (Å²) in [5.74, 6) is 0.687. The molecule has 2 N–H and O–H groups in total. The van der Waals surface area contributed by atoms with Crippen molar-refractivity contribution < 1.29 is 9.84 Å². The summed E-state index contributed by atoms with van der Waals surface area (Å²) in [5.41, 5.74) is 6.15. The van der Waals surface area contributed by atoms with E-state index in [9.17, 15) is 10.4 Å². The molecule has 2 saturated heterocycles.